The fourth-order valence-electron chi connectivity index (χ4n) is 1.80. The summed E-state index contributed by atoms with van der Waals surface area (Å²) in [4.78, 5) is 4.29. The zero-order valence-corrected chi connectivity index (χ0v) is 12.9. The van der Waals surface area contributed by atoms with Crippen LogP contribution in [-0.4, -0.2) is 10.5 Å². The maximum absolute atomic E-state index is 13.7. The number of pyridine rings is 1. The van der Waals surface area contributed by atoms with Gasteiger partial charge >= 0.3 is 0 Å². The Morgan fingerprint density at radius 1 is 1.19 bits per heavy atom. The Labute approximate surface area is 125 Å². The van der Waals surface area contributed by atoms with Crippen molar-refractivity contribution in [3.63, 3.8) is 0 Å². The first-order valence-corrected chi connectivity index (χ1v) is 6.98. The van der Waals surface area contributed by atoms with Crippen molar-refractivity contribution in [2.45, 2.75) is 39.8 Å². The topological polar surface area (TPSA) is 34.1 Å². The highest BCUT2D eigenvalue weighted by Crippen LogP contribution is 2.27. The number of hydrogen-bond acceptors (Lipinski definition) is 3. The van der Waals surface area contributed by atoms with Gasteiger partial charge in [-0.15, -0.1) is 0 Å². The highest BCUT2D eigenvalue weighted by atomic mass is 19.1. The molecule has 0 aliphatic carbocycles. The minimum Gasteiger partial charge on any atom is -0.454 e. The van der Waals surface area contributed by atoms with Crippen LogP contribution in [0.25, 0.3) is 0 Å². The third-order valence-corrected chi connectivity index (χ3v) is 2.95. The number of rotatable bonds is 4. The van der Waals surface area contributed by atoms with Gasteiger partial charge < -0.3 is 10.1 Å². The van der Waals surface area contributed by atoms with E-state index in [4.69, 9.17) is 4.74 Å². The van der Waals surface area contributed by atoms with Crippen LogP contribution in [0.5, 0.6) is 11.5 Å². The Kier molecular flexibility index (Phi) is 4.58. The molecule has 2 aromatic rings. The standard InChI is InChI=1S/C17H21FN2O/c1-12-9-16(21-15-8-6-5-7-14(15)18)13(10-19-12)11-20-17(2,3)4/h5-10,20H,11H2,1-4H3. The third-order valence-electron chi connectivity index (χ3n) is 2.95. The van der Waals surface area contributed by atoms with Crippen molar-refractivity contribution in [1.82, 2.24) is 10.3 Å². The van der Waals surface area contributed by atoms with Crippen molar-refractivity contribution in [3.8, 4) is 11.5 Å². The molecule has 1 heterocycles. The summed E-state index contributed by atoms with van der Waals surface area (Å²) in [5.41, 5.74) is 1.72. The van der Waals surface area contributed by atoms with Crippen molar-refractivity contribution in [1.29, 1.82) is 0 Å². The van der Waals surface area contributed by atoms with E-state index in [2.05, 4.69) is 31.1 Å². The normalized spacial score (nSPS) is 11.5. The van der Waals surface area contributed by atoms with Crippen LogP contribution in [0.15, 0.2) is 36.5 Å². The second-order valence-electron chi connectivity index (χ2n) is 6.07. The summed E-state index contributed by atoms with van der Waals surface area (Å²) in [5, 5.41) is 3.38. The van der Waals surface area contributed by atoms with E-state index in [1.54, 1.807) is 24.4 Å². The number of nitrogens with one attached hydrogen (secondary N) is 1. The van der Waals surface area contributed by atoms with Gasteiger partial charge in [-0.2, -0.15) is 0 Å². The lowest BCUT2D eigenvalue weighted by Crippen LogP contribution is -2.35. The molecule has 0 amide bonds. The number of hydrogen-bond donors (Lipinski definition) is 1. The lowest BCUT2D eigenvalue weighted by atomic mass is 10.1. The van der Waals surface area contributed by atoms with Crippen LogP contribution >= 0.6 is 0 Å². The van der Waals surface area contributed by atoms with Crippen molar-refractivity contribution < 1.29 is 9.13 Å². The molecule has 0 fully saturated rings. The van der Waals surface area contributed by atoms with Gasteiger partial charge in [0.25, 0.3) is 0 Å². The second kappa shape index (κ2) is 6.22. The third kappa shape index (κ3) is 4.53. The van der Waals surface area contributed by atoms with E-state index in [1.165, 1.54) is 6.07 Å². The Bertz CT molecular complexity index is 620. The molecule has 4 heteroatoms. The van der Waals surface area contributed by atoms with Crippen LogP contribution in [0, 0.1) is 12.7 Å². The minimum atomic E-state index is -0.373. The maximum atomic E-state index is 13.7. The van der Waals surface area contributed by atoms with Gasteiger partial charge in [-0.3, -0.25) is 4.98 Å². The van der Waals surface area contributed by atoms with Gasteiger partial charge in [0.1, 0.15) is 5.75 Å². The molecule has 0 aliphatic rings. The number of aryl methyl sites for hydroxylation is 1. The summed E-state index contributed by atoms with van der Waals surface area (Å²) in [6.07, 6.45) is 1.77. The largest absolute Gasteiger partial charge is 0.454 e. The summed E-state index contributed by atoms with van der Waals surface area (Å²) in [6, 6.07) is 8.22. The first kappa shape index (κ1) is 15.4. The zero-order valence-electron chi connectivity index (χ0n) is 12.9. The quantitative estimate of drug-likeness (QED) is 0.915. The van der Waals surface area contributed by atoms with E-state index >= 15 is 0 Å². The molecule has 0 bridgehead atoms. The van der Waals surface area contributed by atoms with Gasteiger partial charge in [-0.25, -0.2) is 4.39 Å². The molecule has 21 heavy (non-hydrogen) atoms. The average Bonchev–Trinajstić information content (AvgIpc) is 2.39. The summed E-state index contributed by atoms with van der Waals surface area (Å²) in [5.74, 6) is 0.478. The monoisotopic (exact) mass is 288 g/mol. The van der Waals surface area contributed by atoms with E-state index in [1.807, 2.05) is 13.0 Å². The molecule has 0 saturated carbocycles. The summed E-state index contributed by atoms with van der Waals surface area (Å²) in [7, 11) is 0. The molecule has 0 aliphatic heterocycles. The van der Waals surface area contributed by atoms with Crippen molar-refractivity contribution in [2.24, 2.45) is 0 Å². The van der Waals surface area contributed by atoms with Crippen molar-refractivity contribution >= 4 is 0 Å². The molecule has 2 rings (SSSR count). The Hall–Kier alpha value is -1.94. The molecule has 0 saturated heterocycles. The van der Waals surface area contributed by atoms with Crippen LogP contribution < -0.4 is 10.1 Å². The molecule has 0 unspecified atom stereocenters. The second-order valence-corrected chi connectivity index (χ2v) is 6.07. The first-order chi connectivity index (χ1) is 9.85. The molecule has 112 valence electrons. The number of ether oxygens (including phenoxy) is 1. The number of para-hydroxylation sites is 1. The lowest BCUT2D eigenvalue weighted by Gasteiger charge is -2.21. The average molecular weight is 288 g/mol. The number of aromatic nitrogens is 1. The molecular formula is C17H21FN2O. The first-order valence-electron chi connectivity index (χ1n) is 6.98. The van der Waals surface area contributed by atoms with E-state index < -0.39 is 0 Å². The van der Waals surface area contributed by atoms with Crippen molar-refractivity contribution in [3.05, 3.63) is 53.6 Å². The Balaban J connectivity index is 2.25. The number of halogens is 1. The minimum absolute atomic E-state index is 0.0137. The van der Waals surface area contributed by atoms with Crippen LogP contribution in [0.3, 0.4) is 0 Å². The molecule has 1 aromatic carbocycles. The van der Waals surface area contributed by atoms with Gasteiger partial charge in [0.2, 0.25) is 0 Å². The number of benzene rings is 1. The molecule has 1 N–H and O–H groups in total. The van der Waals surface area contributed by atoms with Gasteiger partial charge in [0.05, 0.1) is 0 Å². The Morgan fingerprint density at radius 2 is 1.90 bits per heavy atom. The summed E-state index contributed by atoms with van der Waals surface area (Å²) in [6.45, 7) is 8.76. The zero-order chi connectivity index (χ0) is 15.5. The SMILES string of the molecule is Cc1cc(Oc2ccccc2F)c(CNC(C)(C)C)cn1. The van der Waals surface area contributed by atoms with Gasteiger partial charge in [-0.1, -0.05) is 12.1 Å². The van der Waals surface area contributed by atoms with Crippen LogP contribution in [0.4, 0.5) is 4.39 Å². The molecule has 3 nitrogen and oxygen atoms in total. The highest BCUT2D eigenvalue weighted by molar-refractivity contribution is 5.38. The van der Waals surface area contributed by atoms with E-state index in [0.29, 0.717) is 12.3 Å². The van der Waals surface area contributed by atoms with Gasteiger partial charge in [-0.05, 0) is 39.8 Å². The van der Waals surface area contributed by atoms with Crippen molar-refractivity contribution in [2.75, 3.05) is 0 Å². The predicted molar refractivity (Wildman–Crippen MR) is 82.0 cm³/mol. The highest BCUT2D eigenvalue weighted by Gasteiger charge is 2.13. The van der Waals surface area contributed by atoms with Crippen LogP contribution in [0.1, 0.15) is 32.0 Å². The lowest BCUT2D eigenvalue weighted by molar-refractivity contribution is 0.406. The molecule has 0 radical (unpaired) electrons. The van der Waals surface area contributed by atoms with Crippen LogP contribution in [-0.2, 0) is 6.54 Å². The summed E-state index contributed by atoms with van der Waals surface area (Å²) < 4.78 is 19.5. The molecule has 0 atom stereocenters. The fourth-order valence-corrected chi connectivity index (χ4v) is 1.80. The van der Waals surface area contributed by atoms with E-state index in [9.17, 15) is 4.39 Å². The Morgan fingerprint density at radius 3 is 2.57 bits per heavy atom. The predicted octanol–water partition coefficient (Wildman–Crippen LogP) is 4.21. The molecular weight excluding hydrogens is 267 g/mol. The number of nitrogens with zero attached hydrogens (tertiary/aromatic N) is 1. The fraction of sp³-hybridized carbons (Fsp3) is 0.353. The molecule has 0 spiro atoms. The van der Waals surface area contributed by atoms with E-state index in [-0.39, 0.29) is 17.1 Å². The smallest absolute Gasteiger partial charge is 0.165 e. The van der Waals surface area contributed by atoms with E-state index in [0.717, 1.165) is 11.3 Å². The maximum Gasteiger partial charge on any atom is 0.165 e. The van der Waals surface area contributed by atoms with Gasteiger partial charge in [0, 0.05) is 35.6 Å². The summed E-state index contributed by atoms with van der Waals surface area (Å²) >= 11 is 0. The van der Waals surface area contributed by atoms with Gasteiger partial charge in [0.15, 0.2) is 11.6 Å². The molecule has 1 aromatic heterocycles. The van der Waals surface area contributed by atoms with Crippen LogP contribution in [0.2, 0.25) is 0 Å².